The van der Waals surface area contributed by atoms with E-state index in [4.69, 9.17) is 4.42 Å². The quantitative estimate of drug-likeness (QED) is 0.539. The van der Waals surface area contributed by atoms with Crippen molar-refractivity contribution >= 4 is 16.8 Å². The molecule has 1 aromatic heterocycles. The Balaban J connectivity index is 1.84. The molecule has 0 saturated carbocycles. The Morgan fingerprint density at radius 3 is 2.28 bits per heavy atom. The number of carbonyl (C=O) groups excluding carboxylic acids is 1. The number of phenols is 1. The van der Waals surface area contributed by atoms with Crippen molar-refractivity contribution in [3.63, 3.8) is 0 Å². The molecule has 4 rings (SSSR count). The molecule has 3 aromatic carbocycles. The third-order valence-corrected chi connectivity index (χ3v) is 4.23. The number of hydrogen-bond acceptors (Lipinski definition) is 3. The second kappa shape index (κ2) is 6.29. The zero-order valence-electron chi connectivity index (χ0n) is 13.5. The molecule has 0 radical (unpaired) electrons. The number of ketones is 1. The number of benzene rings is 3. The molecule has 0 bridgehead atoms. The molecule has 0 aliphatic carbocycles. The summed E-state index contributed by atoms with van der Waals surface area (Å²) in [6, 6.07) is 23.8. The number of furan rings is 1. The summed E-state index contributed by atoms with van der Waals surface area (Å²) in [4.78, 5) is 13.1. The monoisotopic (exact) mass is 328 g/mol. The van der Waals surface area contributed by atoms with Crippen LogP contribution in [0.25, 0.3) is 11.0 Å². The highest BCUT2D eigenvalue weighted by Gasteiger charge is 2.22. The van der Waals surface area contributed by atoms with E-state index in [0.717, 1.165) is 10.9 Å². The normalized spacial score (nSPS) is 10.9. The number of hydrogen-bond donors (Lipinski definition) is 1. The largest absolute Gasteiger partial charge is 0.508 e. The van der Waals surface area contributed by atoms with Gasteiger partial charge >= 0.3 is 0 Å². The third-order valence-electron chi connectivity index (χ3n) is 4.23. The Bertz CT molecular complexity index is 1030. The van der Waals surface area contributed by atoms with Crippen LogP contribution in [0.5, 0.6) is 5.75 Å². The molecule has 1 heterocycles. The van der Waals surface area contributed by atoms with E-state index in [2.05, 4.69) is 0 Å². The molecule has 0 aliphatic rings. The number of rotatable bonds is 4. The van der Waals surface area contributed by atoms with Gasteiger partial charge in [-0.1, -0.05) is 48.5 Å². The van der Waals surface area contributed by atoms with Gasteiger partial charge in [0.15, 0.2) is 5.78 Å². The number of phenolic OH excluding ortho intramolecular Hbond substituents is 1. The van der Waals surface area contributed by atoms with Crippen molar-refractivity contribution in [1.29, 1.82) is 0 Å². The van der Waals surface area contributed by atoms with Crippen molar-refractivity contribution in [1.82, 2.24) is 0 Å². The summed E-state index contributed by atoms with van der Waals surface area (Å²) in [6.45, 7) is 0. The first-order valence-corrected chi connectivity index (χ1v) is 8.10. The zero-order valence-corrected chi connectivity index (χ0v) is 13.5. The first-order valence-electron chi connectivity index (χ1n) is 8.10. The summed E-state index contributed by atoms with van der Waals surface area (Å²) >= 11 is 0. The second-order valence-corrected chi connectivity index (χ2v) is 5.93. The smallest absolute Gasteiger partial charge is 0.197 e. The van der Waals surface area contributed by atoms with Crippen LogP contribution in [0.2, 0.25) is 0 Å². The summed E-state index contributed by atoms with van der Waals surface area (Å²) in [5.74, 6) is 0.694. The highest BCUT2D eigenvalue weighted by Crippen LogP contribution is 2.30. The minimum absolute atomic E-state index is 0.101. The molecule has 0 aliphatic heterocycles. The number of carbonyl (C=O) groups is 1. The molecule has 4 aromatic rings. The number of fused-ring (bicyclic) bond motifs is 1. The summed E-state index contributed by atoms with van der Waals surface area (Å²) in [6.07, 6.45) is 0.550. The van der Waals surface area contributed by atoms with Gasteiger partial charge in [-0.2, -0.15) is 0 Å². The van der Waals surface area contributed by atoms with E-state index < -0.39 is 0 Å². The van der Waals surface area contributed by atoms with E-state index in [0.29, 0.717) is 28.9 Å². The topological polar surface area (TPSA) is 50.4 Å². The van der Waals surface area contributed by atoms with E-state index >= 15 is 0 Å². The number of aromatic hydroxyl groups is 1. The fourth-order valence-electron chi connectivity index (χ4n) is 3.01. The average molecular weight is 328 g/mol. The lowest BCUT2D eigenvalue weighted by Crippen LogP contribution is -2.04. The van der Waals surface area contributed by atoms with Crippen LogP contribution < -0.4 is 0 Å². The predicted molar refractivity (Wildman–Crippen MR) is 97.0 cm³/mol. The molecule has 0 unspecified atom stereocenters. The summed E-state index contributed by atoms with van der Waals surface area (Å²) in [5.41, 5.74) is 2.90. The SMILES string of the molecule is O=C(c1ccc(O)cc1)c1c(Cc2ccccc2)oc2ccccc12. The van der Waals surface area contributed by atoms with Crippen molar-refractivity contribution in [3.05, 3.63) is 101 Å². The Labute approximate surface area is 145 Å². The van der Waals surface area contributed by atoms with Crippen LogP contribution in [0.1, 0.15) is 27.2 Å². The van der Waals surface area contributed by atoms with Crippen molar-refractivity contribution in [3.8, 4) is 5.75 Å². The zero-order chi connectivity index (χ0) is 17.2. The molecule has 0 saturated heterocycles. The van der Waals surface area contributed by atoms with Crippen molar-refractivity contribution < 1.29 is 14.3 Å². The molecule has 3 nitrogen and oxygen atoms in total. The summed E-state index contributed by atoms with van der Waals surface area (Å²) < 4.78 is 6.00. The minimum atomic E-state index is -0.101. The lowest BCUT2D eigenvalue weighted by atomic mass is 9.97. The van der Waals surface area contributed by atoms with Gasteiger partial charge in [-0.15, -0.1) is 0 Å². The molecular weight excluding hydrogens is 312 g/mol. The minimum Gasteiger partial charge on any atom is -0.508 e. The Morgan fingerprint density at radius 2 is 1.52 bits per heavy atom. The molecule has 3 heteroatoms. The lowest BCUT2D eigenvalue weighted by Gasteiger charge is -2.04. The van der Waals surface area contributed by atoms with Crippen LogP contribution in [-0.4, -0.2) is 10.9 Å². The molecule has 0 amide bonds. The van der Waals surface area contributed by atoms with Gasteiger partial charge in [0.1, 0.15) is 17.1 Å². The van der Waals surface area contributed by atoms with Crippen LogP contribution in [0.15, 0.2) is 83.3 Å². The van der Waals surface area contributed by atoms with Crippen molar-refractivity contribution in [2.75, 3.05) is 0 Å². The predicted octanol–water partition coefficient (Wildman–Crippen LogP) is 4.96. The van der Waals surface area contributed by atoms with E-state index in [1.165, 1.54) is 12.1 Å². The van der Waals surface area contributed by atoms with Crippen molar-refractivity contribution in [2.45, 2.75) is 6.42 Å². The maximum atomic E-state index is 13.1. The Kier molecular flexibility index (Phi) is 3.82. The van der Waals surface area contributed by atoms with E-state index in [9.17, 15) is 9.90 Å². The molecule has 1 N–H and O–H groups in total. The van der Waals surface area contributed by atoms with E-state index in [1.807, 2.05) is 54.6 Å². The van der Waals surface area contributed by atoms with Gasteiger partial charge in [-0.25, -0.2) is 0 Å². The van der Waals surface area contributed by atoms with Crippen LogP contribution in [-0.2, 0) is 6.42 Å². The number of para-hydroxylation sites is 1. The van der Waals surface area contributed by atoms with Crippen LogP contribution >= 0.6 is 0 Å². The summed E-state index contributed by atoms with van der Waals surface area (Å²) in [7, 11) is 0. The Morgan fingerprint density at radius 1 is 0.840 bits per heavy atom. The summed E-state index contributed by atoms with van der Waals surface area (Å²) in [5, 5.41) is 10.3. The van der Waals surface area contributed by atoms with Gasteiger partial charge in [0, 0.05) is 17.4 Å². The van der Waals surface area contributed by atoms with Crippen LogP contribution in [0.3, 0.4) is 0 Å². The molecule has 0 spiro atoms. The van der Waals surface area contributed by atoms with E-state index in [-0.39, 0.29) is 11.5 Å². The van der Waals surface area contributed by atoms with Gasteiger partial charge in [0.2, 0.25) is 0 Å². The molecule has 0 fully saturated rings. The highest BCUT2D eigenvalue weighted by atomic mass is 16.3. The highest BCUT2D eigenvalue weighted by molar-refractivity contribution is 6.16. The van der Waals surface area contributed by atoms with E-state index in [1.54, 1.807) is 12.1 Å². The molecule has 122 valence electrons. The molecular formula is C22H16O3. The molecule has 0 atom stereocenters. The van der Waals surface area contributed by atoms with Gasteiger partial charge in [0.05, 0.1) is 5.56 Å². The average Bonchev–Trinajstić information content (AvgIpc) is 3.00. The first kappa shape index (κ1) is 15.2. The van der Waals surface area contributed by atoms with Gasteiger partial charge in [0.25, 0.3) is 0 Å². The first-order chi connectivity index (χ1) is 12.2. The fourth-order valence-corrected chi connectivity index (χ4v) is 3.01. The van der Waals surface area contributed by atoms with Crippen molar-refractivity contribution in [2.24, 2.45) is 0 Å². The third kappa shape index (κ3) is 2.92. The van der Waals surface area contributed by atoms with Gasteiger partial charge < -0.3 is 9.52 Å². The standard InChI is InChI=1S/C22H16O3/c23-17-12-10-16(11-13-17)22(24)21-18-8-4-5-9-19(18)25-20(21)14-15-6-2-1-3-7-15/h1-13,23H,14H2. The maximum absolute atomic E-state index is 13.1. The Hall–Kier alpha value is -3.33. The lowest BCUT2D eigenvalue weighted by molar-refractivity contribution is 0.103. The second-order valence-electron chi connectivity index (χ2n) is 5.93. The fraction of sp³-hybridized carbons (Fsp3) is 0.0455. The van der Waals surface area contributed by atoms with Gasteiger partial charge in [-0.05, 0) is 35.9 Å². The maximum Gasteiger partial charge on any atom is 0.197 e. The molecule has 25 heavy (non-hydrogen) atoms. The van der Waals surface area contributed by atoms with Gasteiger partial charge in [-0.3, -0.25) is 4.79 Å². The van der Waals surface area contributed by atoms with Crippen LogP contribution in [0.4, 0.5) is 0 Å². The van der Waals surface area contributed by atoms with Crippen LogP contribution in [0, 0.1) is 0 Å².